The zero-order valence-corrected chi connectivity index (χ0v) is 20.7. The van der Waals surface area contributed by atoms with Crippen molar-refractivity contribution in [3.8, 4) is 27.9 Å². The first kappa shape index (κ1) is 23.9. The number of imidazole rings is 1. The van der Waals surface area contributed by atoms with Crippen molar-refractivity contribution in [1.29, 1.82) is 0 Å². The number of rotatable bonds is 6. The van der Waals surface area contributed by atoms with Gasteiger partial charge in [-0.25, -0.2) is 18.7 Å². The first-order valence-corrected chi connectivity index (χ1v) is 12.4. The fourth-order valence-corrected chi connectivity index (χ4v) is 4.86. The summed E-state index contributed by atoms with van der Waals surface area (Å²) in [4.78, 5) is 24.1. The maximum Gasteiger partial charge on any atom is 0.238 e. The maximum absolute atomic E-state index is 14.8. The second kappa shape index (κ2) is 9.79. The Bertz CT molecular complexity index is 1650. The van der Waals surface area contributed by atoms with Gasteiger partial charge in [0.1, 0.15) is 23.5 Å². The third kappa shape index (κ3) is 4.78. The standard InChI is InChI=1S/C28H25F2N7O/c1-35-15-20(14-33-35)19-10-26-28(31-13-19)37(17-32-26)23-9-18(24-5-4-21(29)11-25(24)30)8-22(12-23)34-27(38)16-36-6-2-3-7-36/h4-5,8-15,17H,2-3,6-7,16H2,1H3,(H,34,38). The van der Waals surface area contributed by atoms with Crippen LogP contribution in [-0.2, 0) is 11.8 Å². The minimum atomic E-state index is -0.689. The molecule has 5 aromatic rings. The number of pyridine rings is 1. The summed E-state index contributed by atoms with van der Waals surface area (Å²) >= 11 is 0. The minimum Gasteiger partial charge on any atom is -0.325 e. The number of benzene rings is 2. The molecule has 1 aliphatic heterocycles. The van der Waals surface area contributed by atoms with Crippen LogP contribution in [0.1, 0.15) is 12.8 Å². The number of aryl methyl sites for hydroxylation is 1. The van der Waals surface area contributed by atoms with E-state index in [2.05, 4.69) is 25.3 Å². The highest BCUT2D eigenvalue weighted by atomic mass is 19.1. The van der Waals surface area contributed by atoms with Crippen molar-refractivity contribution < 1.29 is 13.6 Å². The van der Waals surface area contributed by atoms with Crippen LogP contribution in [0, 0.1) is 11.6 Å². The van der Waals surface area contributed by atoms with Crippen molar-refractivity contribution in [2.24, 2.45) is 7.05 Å². The van der Waals surface area contributed by atoms with Crippen LogP contribution in [0.3, 0.4) is 0 Å². The van der Waals surface area contributed by atoms with E-state index in [-0.39, 0.29) is 18.0 Å². The van der Waals surface area contributed by atoms with E-state index in [0.29, 0.717) is 28.1 Å². The average molecular weight is 514 g/mol. The lowest BCUT2D eigenvalue weighted by Crippen LogP contribution is -2.30. The third-order valence-corrected chi connectivity index (χ3v) is 6.71. The quantitative estimate of drug-likeness (QED) is 0.353. The number of nitrogens with zero attached hydrogens (tertiary/aromatic N) is 6. The number of fused-ring (bicyclic) bond motifs is 1. The average Bonchev–Trinajstić information content (AvgIpc) is 3.64. The second-order valence-corrected chi connectivity index (χ2v) is 9.51. The predicted octanol–water partition coefficient (Wildman–Crippen LogP) is 4.80. The van der Waals surface area contributed by atoms with Gasteiger partial charge in [-0.05, 0) is 67.9 Å². The number of carbonyl (C=O) groups excluding carboxylic acids is 1. The zero-order valence-electron chi connectivity index (χ0n) is 20.7. The summed E-state index contributed by atoms with van der Waals surface area (Å²) < 4.78 is 31.9. The molecule has 2 aromatic carbocycles. The van der Waals surface area contributed by atoms with Gasteiger partial charge < -0.3 is 5.32 Å². The van der Waals surface area contributed by atoms with Crippen molar-refractivity contribution in [2.45, 2.75) is 12.8 Å². The molecular formula is C28H25F2N7O. The molecule has 0 saturated carbocycles. The number of carbonyl (C=O) groups is 1. The molecular weight excluding hydrogens is 488 g/mol. The van der Waals surface area contributed by atoms with E-state index in [1.54, 1.807) is 46.2 Å². The molecule has 0 unspecified atom stereocenters. The fourth-order valence-electron chi connectivity index (χ4n) is 4.86. The molecule has 1 N–H and O–H groups in total. The summed E-state index contributed by atoms with van der Waals surface area (Å²) in [6, 6.07) is 10.6. The largest absolute Gasteiger partial charge is 0.325 e. The van der Waals surface area contributed by atoms with E-state index < -0.39 is 11.6 Å². The van der Waals surface area contributed by atoms with Gasteiger partial charge in [0.15, 0.2) is 5.65 Å². The Morgan fingerprint density at radius 2 is 1.82 bits per heavy atom. The van der Waals surface area contributed by atoms with E-state index in [0.717, 1.165) is 43.1 Å². The van der Waals surface area contributed by atoms with Crippen LogP contribution in [-0.4, -0.2) is 54.8 Å². The van der Waals surface area contributed by atoms with Gasteiger partial charge in [0.25, 0.3) is 0 Å². The van der Waals surface area contributed by atoms with Gasteiger partial charge in [0.05, 0.1) is 18.4 Å². The summed E-state index contributed by atoms with van der Waals surface area (Å²) in [7, 11) is 1.85. The number of anilines is 1. The molecule has 6 rings (SSSR count). The predicted molar refractivity (Wildman–Crippen MR) is 141 cm³/mol. The first-order chi connectivity index (χ1) is 18.4. The highest BCUT2D eigenvalue weighted by molar-refractivity contribution is 5.93. The monoisotopic (exact) mass is 513 g/mol. The molecule has 8 nitrogen and oxygen atoms in total. The fraction of sp³-hybridized carbons (Fsp3) is 0.214. The Morgan fingerprint density at radius 1 is 0.974 bits per heavy atom. The number of likely N-dealkylation sites (tertiary alicyclic amines) is 1. The van der Waals surface area contributed by atoms with E-state index in [9.17, 15) is 13.6 Å². The summed E-state index contributed by atoms with van der Waals surface area (Å²) in [5, 5.41) is 7.17. The van der Waals surface area contributed by atoms with Crippen LogP contribution in [0.2, 0.25) is 0 Å². The van der Waals surface area contributed by atoms with Gasteiger partial charge in [-0.2, -0.15) is 5.10 Å². The molecule has 1 fully saturated rings. The lowest BCUT2D eigenvalue weighted by atomic mass is 10.0. The first-order valence-electron chi connectivity index (χ1n) is 12.4. The van der Waals surface area contributed by atoms with Crippen LogP contribution in [0.5, 0.6) is 0 Å². The van der Waals surface area contributed by atoms with Gasteiger partial charge in [-0.3, -0.25) is 18.9 Å². The summed E-state index contributed by atoms with van der Waals surface area (Å²) in [6.45, 7) is 2.08. The molecule has 0 radical (unpaired) electrons. The molecule has 1 aliphatic rings. The van der Waals surface area contributed by atoms with Crippen molar-refractivity contribution >= 4 is 22.8 Å². The number of halogens is 2. The molecule has 1 saturated heterocycles. The summed E-state index contributed by atoms with van der Waals surface area (Å²) in [5.74, 6) is -1.49. The smallest absolute Gasteiger partial charge is 0.238 e. The molecule has 38 heavy (non-hydrogen) atoms. The summed E-state index contributed by atoms with van der Waals surface area (Å²) in [5.41, 5.74) is 4.92. The number of nitrogens with one attached hydrogen (secondary N) is 1. The lowest BCUT2D eigenvalue weighted by molar-refractivity contribution is -0.117. The highest BCUT2D eigenvalue weighted by Crippen LogP contribution is 2.31. The Labute approximate surface area is 217 Å². The van der Waals surface area contributed by atoms with Crippen molar-refractivity contribution in [1.82, 2.24) is 29.2 Å². The molecule has 0 aliphatic carbocycles. The van der Waals surface area contributed by atoms with E-state index in [1.807, 2.05) is 19.3 Å². The number of hydrogen-bond acceptors (Lipinski definition) is 5. The topological polar surface area (TPSA) is 80.9 Å². The van der Waals surface area contributed by atoms with Crippen LogP contribution in [0.4, 0.5) is 14.5 Å². The van der Waals surface area contributed by atoms with E-state index in [1.165, 1.54) is 12.1 Å². The van der Waals surface area contributed by atoms with Crippen molar-refractivity contribution in [3.63, 3.8) is 0 Å². The van der Waals surface area contributed by atoms with Crippen molar-refractivity contribution in [2.75, 3.05) is 25.0 Å². The molecule has 10 heteroatoms. The van der Waals surface area contributed by atoms with Gasteiger partial charge in [0, 0.05) is 47.9 Å². The normalized spacial score (nSPS) is 13.9. The number of aromatic nitrogens is 5. The van der Waals surface area contributed by atoms with Crippen LogP contribution in [0.25, 0.3) is 39.1 Å². The molecule has 192 valence electrons. The van der Waals surface area contributed by atoms with Gasteiger partial charge in [0.2, 0.25) is 5.91 Å². The van der Waals surface area contributed by atoms with Gasteiger partial charge >= 0.3 is 0 Å². The van der Waals surface area contributed by atoms with E-state index >= 15 is 0 Å². The molecule has 4 heterocycles. The van der Waals surface area contributed by atoms with Crippen LogP contribution < -0.4 is 5.32 Å². The van der Waals surface area contributed by atoms with E-state index in [4.69, 9.17) is 0 Å². The van der Waals surface area contributed by atoms with Gasteiger partial charge in [-0.15, -0.1) is 0 Å². The Hall–Kier alpha value is -4.44. The minimum absolute atomic E-state index is 0.149. The second-order valence-electron chi connectivity index (χ2n) is 9.51. The SMILES string of the molecule is Cn1cc(-c2cnc3c(c2)ncn3-c2cc(NC(=O)CN3CCCC3)cc(-c3ccc(F)cc3F)c2)cn1. The van der Waals surface area contributed by atoms with Gasteiger partial charge in [-0.1, -0.05) is 0 Å². The van der Waals surface area contributed by atoms with Crippen LogP contribution in [0.15, 0.2) is 67.4 Å². The Morgan fingerprint density at radius 3 is 2.58 bits per heavy atom. The lowest BCUT2D eigenvalue weighted by Gasteiger charge is -2.16. The number of hydrogen-bond donors (Lipinski definition) is 1. The molecule has 0 bridgehead atoms. The Kier molecular flexibility index (Phi) is 6.16. The molecule has 0 atom stereocenters. The Balaban J connectivity index is 1.40. The molecule has 1 amide bonds. The van der Waals surface area contributed by atoms with Crippen molar-refractivity contribution in [3.05, 3.63) is 79.0 Å². The zero-order chi connectivity index (χ0) is 26.2. The summed E-state index contributed by atoms with van der Waals surface area (Å²) in [6.07, 6.45) is 9.22. The van der Waals surface area contributed by atoms with Crippen LogP contribution >= 0.6 is 0 Å². The third-order valence-electron chi connectivity index (χ3n) is 6.71. The molecule has 3 aromatic heterocycles. The molecule has 0 spiro atoms. The highest BCUT2D eigenvalue weighted by Gasteiger charge is 2.17. The maximum atomic E-state index is 14.8. The number of amides is 1.